The Balaban J connectivity index is 0. The van der Waals surface area contributed by atoms with Crippen molar-refractivity contribution in [1.82, 2.24) is 0 Å². The number of hydrogen-bond donors (Lipinski definition) is 0. The third-order valence-corrected chi connectivity index (χ3v) is 6.85. The average Bonchev–Trinajstić information content (AvgIpc) is 2.41. The van der Waals surface area contributed by atoms with Crippen LogP contribution < -0.4 is 0 Å². The molecule has 0 spiro atoms. The molecule has 0 aromatic heterocycles. The van der Waals surface area contributed by atoms with E-state index in [4.69, 9.17) is 3.50 Å². The van der Waals surface area contributed by atoms with E-state index >= 15 is 0 Å². The van der Waals surface area contributed by atoms with Gasteiger partial charge in [0.25, 0.3) is 0 Å². The molecule has 1 aromatic rings. The average molecular weight is 572 g/mol. The molecule has 0 N–H and O–H groups in total. The predicted molar refractivity (Wildman–Crippen MR) is 132 cm³/mol. The molecule has 170 valence electrons. The molecule has 0 aliphatic rings. The fraction of sp³-hybridized carbons (Fsp3) is 0.667. The van der Waals surface area contributed by atoms with E-state index in [2.05, 4.69) is 126 Å². The van der Waals surface area contributed by atoms with Crippen LogP contribution >= 0.6 is 0 Å². The van der Waals surface area contributed by atoms with Crippen molar-refractivity contribution in [3.63, 3.8) is 0 Å². The first kappa shape index (κ1) is 30.8. The summed E-state index contributed by atoms with van der Waals surface area (Å²) in [6.45, 7) is 35.8. The van der Waals surface area contributed by atoms with Gasteiger partial charge in [-0.3, -0.25) is 0 Å². The molecular formula is C27H49NW-2. The minimum absolute atomic E-state index is 0.250. The molecule has 0 unspecified atom stereocenters. The Morgan fingerprint density at radius 2 is 1.07 bits per heavy atom. The topological polar surface area (TPSA) is 12.4 Å². The Hall–Kier alpha value is -0.422. The first-order valence-electron chi connectivity index (χ1n) is 10.8. The fourth-order valence-corrected chi connectivity index (χ4v) is 4.32. The first-order chi connectivity index (χ1) is 12.7. The molecule has 0 fully saturated rings. The zero-order valence-electron chi connectivity index (χ0n) is 21.7. The molecule has 0 radical (unpaired) electrons. The van der Waals surface area contributed by atoms with Gasteiger partial charge in [-0.2, -0.15) is 10.8 Å². The van der Waals surface area contributed by atoms with Crippen molar-refractivity contribution in [2.45, 2.75) is 102 Å². The molecule has 0 aliphatic heterocycles. The molecule has 1 rings (SSSR count). The summed E-state index contributed by atoms with van der Waals surface area (Å²) < 4.78 is 7.50. The van der Waals surface area contributed by atoms with Crippen molar-refractivity contribution in [1.29, 1.82) is 0 Å². The molecule has 0 saturated heterocycles. The number of rotatable bonds is 3. The van der Waals surface area contributed by atoms with Crippen LogP contribution in [-0.4, -0.2) is 4.40 Å². The summed E-state index contributed by atoms with van der Waals surface area (Å²) in [5.41, 5.74) is 4.92. The molecule has 0 saturated carbocycles. The van der Waals surface area contributed by atoms with Gasteiger partial charge < -0.3 is 13.8 Å². The second-order valence-electron chi connectivity index (χ2n) is 11.9. The Bertz CT molecular complexity index is 590. The fourth-order valence-electron chi connectivity index (χ4n) is 1.85. The second-order valence-corrected chi connectivity index (χ2v) is 14.2. The smallest absolute Gasteiger partial charge is 0.0878 e. The molecule has 0 bridgehead atoms. The van der Waals surface area contributed by atoms with Crippen LogP contribution in [0.4, 0.5) is 5.69 Å². The molecule has 29 heavy (non-hydrogen) atoms. The Morgan fingerprint density at radius 3 is 1.31 bits per heavy atom. The van der Waals surface area contributed by atoms with E-state index in [1.54, 1.807) is 0 Å². The van der Waals surface area contributed by atoms with Crippen molar-refractivity contribution in [2.75, 3.05) is 0 Å². The van der Waals surface area contributed by atoms with E-state index in [0.717, 1.165) is 0 Å². The molecular weight excluding hydrogens is 522 g/mol. The van der Waals surface area contributed by atoms with Crippen LogP contribution in [0.1, 0.15) is 113 Å². The predicted octanol–water partition coefficient (Wildman–Crippen LogP) is 9.41. The van der Waals surface area contributed by atoms with Crippen LogP contribution in [0.15, 0.2) is 21.7 Å². The van der Waals surface area contributed by atoms with Crippen LogP contribution in [0, 0.1) is 30.1 Å². The molecule has 0 aliphatic carbocycles. The molecule has 1 aromatic carbocycles. The Labute approximate surface area is 192 Å². The second kappa shape index (κ2) is 13.1. The monoisotopic (exact) mass is 571 g/mol. The van der Waals surface area contributed by atoms with Gasteiger partial charge in [-0.15, -0.1) is 0 Å². The number of benzene rings is 1. The van der Waals surface area contributed by atoms with Gasteiger partial charge in [0.05, 0.1) is 0 Å². The van der Waals surface area contributed by atoms with Crippen LogP contribution in [0.3, 0.4) is 0 Å². The van der Waals surface area contributed by atoms with Gasteiger partial charge in [0.15, 0.2) is 0 Å². The van der Waals surface area contributed by atoms with Crippen LogP contribution in [-0.2, 0) is 17.9 Å². The van der Waals surface area contributed by atoms with E-state index < -0.39 is 17.9 Å². The zero-order valence-corrected chi connectivity index (χ0v) is 24.7. The Morgan fingerprint density at radius 1 is 0.759 bits per heavy atom. The standard InChI is InChI=1S/C12H17N.2C5H11.C5H10.W/c1-8(2)10-6-5-7-11(9(3)4)12(10)13;3*1-5(2,3)4;/h5-9H,1-4H3;2*1H2,2-4H3;1H,2-4H3;/q;2*-1;;. The van der Waals surface area contributed by atoms with Gasteiger partial charge in [-0.25, -0.2) is 0 Å². The largest absolute Gasteiger partial charge is 0.338 e. The summed E-state index contributed by atoms with van der Waals surface area (Å²) in [6, 6.07) is 6.67. The maximum absolute atomic E-state index is 5.05. The van der Waals surface area contributed by atoms with E-state index in [-0.39, 0.29) is 10.8 Å². The number of hydrogen-bond acceptors (Lipinski definition) is 1. The summed E-state index contributed by atoms with van der Waals surface area (Å²) in [7, 11) is 0. The SMILES string of the molecule is CC(C)c1cccc(C(C)C)c1[N]=[W]=[CH]C(C)(C)C.[CH2-]C(C)(C)C.[CH2-]C(C)(C)C. The summed E-state index contributed by atoms with van der Waals surface area (Å²) in [6.07, 6.45) is 0. The van der Waals surface area contributed by atoms with Gasteiger partial charge in [0.1, 0.15) is 0 Å². The molecule has 1 nitrogen and oxygen atoms in total. The van der Waals surface area contributed by atoms with Crippen molar-refractivity contribution in [3.05, 3.63) is 43.2 Å². The van der Waals surface area contributed by atoms with E-state index in [1.165, 1.54) is 16.8 Å². The number of nitrogens with zero attached hydrogens (tertiary/aromatic N) is 1. The van der Waals surface area contributed by atoms with Crippen molar-refractivity contribution >= 4 is 10.1 Å². The van der Waals surface area contributed by atoms with Gasteiger partial charge in [-0.05, 0) is 0 Å². The van der Waals surface area contributed by atoms with E-state index in [0.29, 0.717) is 17.3 Å². The summed E-state index contributed by atoms with van der Waals surface area (Å²) in [5.74, 6) is 1.09. The van der Waals surface area contributed by atoms with E-state index in [1.807, 2.05) is 0 Å². The normalized spacial score (nSPS) is 11.9. The van der Waals surface area contributed by atoms with Crippen molar-refractivity contribution in [3.8, 4) is 0 Å². The molecule has 2 heteroatoms. The minimum Gasteiger partial charge on any atom is -0.338 e. The van der Waals surface area contributed by atoms with Gasteiger partial charge in [0, 0.05) is 0 Å². The van der Waals surface area contributed by atoms with E-state index in [9.17, 15) is 0 Å². The first-order valence-corrected chi connectivity index (χ1v) is 13.8. The summed E-state index contributed by atoms with van der Waals surface area (Å²) in [5, 5.41) is 0. The van der Waals surface area contributed by atoms with Gasteiger partial charge >= 0.3 is 127 Å². The van der Waals surface area contributed by atoms with Crippen LogP contribution in [0.5, 0.6) is 0 Å². The molecule has 0 heterocycles. The maximum atomic E-state index is 5.05. The van der Waals surface area contributed by atoms with Gasteiger partial charge in [-0.1, -0.05) is 41.5 Å². The molecule has 0 atom stereocenters. The quantitative estimate of drug-likeness (QED) is 0.321. The van der Waals surface area contributed by atoms with Crippen molar-refractivity contribution in [2.24, 2.45) is 19.7 Å². The van der Waals surface area contributed by atoms with Gasteiger partial charge in [0.2, 0.25) is 0 Å². The minimum atomic E-state index is -0.757. The van der Waals surface area contributed by atoms with Crippen LogP contribution in [0.2, 0.25) is 0 Å². The molecule has 0 amide bonds. The third-order valence-electron chi connectivity index (χ3n) is 2.89. The zero-order chi connectivity index (χ0) is 23.6. The van der Waals surface area contributed by atoms with Crippen LogP contribution in [0.25, 0.3) is 0 Å². The third kappa shape index (κ3) is 22.1. The summed E-state index contributed by atoms with van der Waals surface area (Å²) in [4.78, 5) is 0. The maximum Gasteiger partial charge on any atom is -0.0878 e. The summed E-state index contributed by atoms with van der Waals surface area (Å²) >= 11 is -0.757. The Kier molecular flexibility index (Phi) is 13.9. The van der Waals surface area contributed by atoms with Crippen molar-refractivity contribution < 1.29 is 17.9 Å².